The number of para-hydroxylation sites is 1. The Morgan fingerprint density at radius 3 is 2.78 bits per heavy atom. The Bertz CT molecular complexity index is 1110. The maximum atomic E-state index is 7.89. The number of fused-ring (bicyclic) bond motifs is 3. The first-order valence-electron chi connectivity index (χ1n) is 9.13. The van der Waals surface area contributed by atoms with Crippen LogP contribution in [0.1, 0.15) is 35.0 Å². The molecule has 0 N–H and O–H groups in total. The van der Waals surface area contributed by atoms with Gasteiger partial charge in [-0.25, -0.2) is 4.98 Å². The molecule has 114 valence electrons. The molecule has 0 saturated heterocycles. The highest BCUT2D eigenvalue weighted by Gasteiger charge is 2.14. The lowest BCUT2D eigenvalue weighted by molar-refractivity contribution is 0.655. The molecule has 0 radical (unpaired) electrons. The van der Waals surface area contributed by atoms with Crippen LogP contribution in [0.5, 0.6) is 0 Å². The summed E-state index contributed by atoms with van der Waals surface area (Å²) in [4.78, 5) is 8.80. The van der Waals surface area contributed by atoms with Gasteiger partial charge in [-0.2, -0.15) is 0 Å². The van der Waals surface area contributed by atoms with Gasteiger partial charge in [0.1, 0.15) is 5.58 Å². The minimum atomic E-state index is -2.19. The number of aromatic nitrogens is 2. The summed E-state index contributed by atoms with van der Waals surface area (Å²) in [6.07, 6.45) is 3.36. The number of rotatable bonds is 2. The molecule has 3 nitrogen and oxygen atoms in total. The van der Waals surface area contributed by atoms with Crippen molar-refractivity contribution in [2.24, 2.45) is 0 Å². The van der Waals surface area contributed by atoms with Crippen molar-refractivity contribution in [2.45, 2.75) is 26.6 Å². The molecule has 1 aromatic carbocycles. The first-order chi connectivity index (χ1) is 12.4. The predicted molar refractivity (Wildman–Crippen MR) is 93.6 cm³/mol. The van der Waals surface area contributed by atoms with Crippen molar-refractivity contribution in [3.05, 3.63) is 59.9 Å². The highest BCUT2D eigenvalue weighted by Crippen LogP contribution is 2.34. The lowest BCUT2D eigenvalue weighted by atomic mass is 9.98. The van der Waals surface area contributed by atoms with Crippen LogP contribution in [0.2, 0.25) is 0 Å². The summed E-state index contributed by atoms with van der Waals surface area (Å²) in [5, 5.41) is 1.87. The Morgan fingerprint density at radius 2 is 1.96 bits per heavy atom. The molecule has 0 bridgehead atoms. The molecule has 0 amide bonds. The van der Waals surface area contributed by atoms with Gasteiger partial charge in [-0.05, 0) is 48.2 Å². The van der Waals surface area contributed by atoms with Crippen molar-refractivity contribution in [3.63, 3.8) is 0 Å². The van der Waals surface area contributed by atoms with Crippen molar-refractivity contribution >= 4 is 22.1 Å². The van der Waals surface area contributed by atoms with E-state index in [-0.39, 0.29) is 5.92 Å². The van der Waals surface area contributed by atoms with Gasteiger partial charge in [-0.1, -0.05) is 26.0 Å². The van der Waals surface area contributed by atoms with Gasteiger partial charge in [0.05, 0.1) is 5.69 Å². The zero-order valence-corrected chi connectivity index (χ0v) is 13.0. The highest BCUT2D eigenvalue weighted by atomic mass is 16.3. The van der Waals surface area contributed by atoms with Crippen molar-refractivity contribution in [2.75, 3.05) is 0 Å². The van der Waals surface area contributed by atoms with E-state index in [4.69, 9.17) is 8.53 Å². The van der Waals surface area contributed by atoms with Crippen LogP contribution in [-0.4, -0.2) is 9.97 Å². The molecule has 3 heterocycles. The standard InChI is InChI=1S/C20H18N2O/c1-12(2)17-11-22-18(10-13(17)3)16-7-4-6-14-15-8-5-9-21-20(15)23-19(14)16/h4-12H,1-3H3/i3D3. The van der Waals surface area contributed by atoms with Crippen LogP contribution in [0.4, 0.5) is 0 Å². The summed E-state index contributed by atoms with van der Waals surface area (Å²) in [5.74, 6) is 0.0816. The van der Waals surface area contributed by atoms with E-state index in [0.717, 1.165) is 21.9 Å². The van der Waals surface area contributed by atoms with Gasteiger partial charge in [0.2, 0.25) is 5.71 Å². The Morgan fingerprint density at radius 1 is 1.09 bits per heavy atom. The number of aryl methyl sites for hydroxylation is 1. The molecule has 0 spiro atoms. The molecule has 0 aliphatic carbocycles. The monoisotopic (exact) mass is 305 g/mol. The van der Waals surface area contributed by atoms with Crippen molar-refractivity contribution in [1.29, 1.82) is 0 Å². The van der Waals surface area contributed by atoms with Crippen LogP contribution < -0.4 is 0 Å². The Hall–Kier alpha value is -2.68. The summed E-state index contributed by atoms with van der Waals surface area (Å²) in [7, 11) is 0. The largest absolute Gasteiger partial charge is 0.437 e. The van der Waals surface area contributed by atoms with E-state index in [1.165, 1.54) is 0 Å². The molecule has 0 unspecified atom stereocenters. The van der Waals surface area contributed by atoms with Gasteiger partial charge in [-0.15, -0.1) is 0 Å². The summed E-state index contributed by atoms with van der Waals surface area (Å²) >= 11 is 0. The Kier molecular flexibility index (Phi) is 2.47. The average molecular weight is 305 g/mol. The van der Waals surface area contributed by atoms with E-state index in [9.17, 15) is 0 Å². The summed E-state index contributed by atoms with van der Waals surface area (Å²) in [5.41, 5.74) is 3.66. The van der Waals surface area contributed by atoms with Gasteiger partial charge in [-0.3, -0.25) is 4.98 Å². The average Bonchev–Trinajstić information content (AvgIpc) is 2.99. The van der Waals surface area contributed by atoms with E-state index in [0.29, 0.717) is 22.6 Å². The van der Waals surface area contributed by atoms with Crippen LogP contribution in [0.25, 0.3) is 33.3 Å². The number of nitrogens with zero attached hydrogens (tertiary/aromatic N) is 2. The minimum absolute atomic E-state index is 0.0816. The van der Waals surface area contributed by atoms with Crippen LogP contribution in [0.15, 0.2) is 53.2 Å². The van der Waals surface area contributed by atoms with Crippen LogP contribution >= 0.6 is 0 Å². The van der Waals surface area contributed by atoms with Gasteiger partial charge in [0.15, 0.2) is 0 Å². The third-order valence-corrected chi connectivity index (χ3v) is 4.11. The van der Waals surface area contributed by atoms with Crippen LogP contribution in [-0.2, 0) is 0 Å². The first-order valence-corrected chi connectivity index (χ1v) is 7.63. The summed E-state index contributed by atoms with van der Waals surface area (Å²) < 4.78 is 29.6. The quantitative estimate of drug-likeness (QED) is 0.492. The normalized spacial score (nSPS) is 14.1. The molecule has 0 fully saturated rings. The van der Waals surface area contributed by atoms with Gasteiger partial charge in [0, 0.05) is 32.8 Å². The number of benzene rings is 1. The number of pyridine rings is 2. The Balaban J connectivity index is 1.99. The molecule has 3 heteroatoms. The van der Waals surface area contributed by atoms with Crippen molar-refractivity contribution in [1.82, 2.24) is 9.97 Å². The van der Waals surface area contributed by atoms with E-state index < -0.39 is 6.85 Å². The molecule has 0 saturated carbocycles. The first kappa shape index (κ1) is 10.9. The van der Waals surface area contributed by atoms with E-state index >= 15 is 0 Å². The zero-order chi connectivity index (χ0) is 18.5. The fourth-order valence-electron chi connectivity index (χ4n) is 2.91. The summed E-state index contributed by atoms with van der Waals surface area (Å²) in [6.45, 7) is 1.75. The second-order valence-corrected chi connectivity index (χ2v) is 5.95. The maximum Gasteiger partial charge on any atom is 0.227 e. The molecule has 0 aliphatic heterocycles. The second kappa shape index (κ2) is 5.20. The molecule has 0 atom stereocenters. The van der Waals surface area contributed by atoms with Gasteiger partial charge < -0.3 is 4.42 Å². The second-order valence-electron chi connectivity index (χ2n) is 5.95. The fraction of sp³-hybridized carbons (Fsp3) is 0.200. The molecule has 4 rings (SSSR count). The van der Waals surface area contributed by atoms with Gasteiger partial charge in [0.25, 0.3) is 0 Å². The molecule has 3 aromatic heterocycles. The van der Waals surface area contributed by atoms with Crippen LogP contribution in [0, 0.1) is 6.85 Å². The zero-order valence-electron chi connectivity index (χ0n) is 16.0. The third kappa shape index (κ3) is 2.20. The van der Waals surface area contributed by atoms with E-state index in [2.05, 4.69) is 9.97 Å². The van der Waals surface area contributed by atoms with Gasteiger partial charge >= 0.3 is 0 Å². The maximum absolute atomic E-state index is 7.89. The smallest absolute Gasteiger partial charge is 0.227 e. The fourth-order valence-corrected chi connectivity index (χ4v) is 2.91. The molecule has 4 aromatic rings. The lowest BCUT2D eigenvalue weighted by Crippen LogP contribution is -1.95. The predicted octanol–water partition coefficient (Wildman–Crippen LogP) is 5.47. The third-order valence-electron chi connectivity index (χ3n) is 4.11. The Labute approximate surface area is 139 Å². The molecular weight excluding hydrogens is 284 g/mol. The van der Waals surface area contributed by atoms with Crippen molar-refractivity contribution in [3.8, 4) is 11.3 Å². The number of furan rings is 1. The van der Waals surface area contributed by atoms with Crippen molar-refractivity contribution < 1.29 is 8.53 Å². The minimum Gasteiger partial charge on any atom is -0.437 e. The van der Waals surface area contributed by atoms with E-state index in [1.807, 2.05) is 44.2 Å². The highest BCUT2D eigenvalue weighted by molar-refractivity contribution is 6.08. The van der Waals surface area contributed by atoms with Crippen LogP contribution in [0.3, 0.4) is 0 Å². The number of hydrogen-bond acceptors (Lipinski definition) is 3. The molecule has 0 aliphatic rings. The lowest BCUT2D eigenvalue weighted by Gasteiger charge is -2.11. The summed E-state index contributed by atoms with van der Waals surface area (Å²) in [6, 6.07) is 11.3. The molecule has 23 heavy (non-hydrogen) atoms. The topological polar surface area (TPSA) is 38.9 Å². The SMILES string of the molecule is [2H]C([2H])([2H])c1cc(-c2cccc3c2oc2ncccc23)ncc1C(C)C. The number of hydrogen-bond donors (Lipinski definition) is 0. The van der Waals surface area contributed by atoms with E-state index in [1.54, 1.807) is 18.5 Å². The molecular formula is C20H18N2O.